The molecule has 33 heavy (non-hydrogen) atoms. The van der Waals surface area contributed by atoms with Gasteiger partial charge in [0.15, 0.2) is 0 Å². The second-order valence-electron chi connectivity index (χ2n) is 11.5. The van der Waals surface area contributed by atoms with Gasteiger partial charge in [-0.3, -0.25) is 4.99 Å². The largest absolute Gasteiger partial charge is 0.385 e. The molecule has 8 atom stereocenters. The maximum absolute atomic E-state index is 6.29. The van der Waals surface area contributed by atoms with Gasteiger partial charge >= 0.3 is 0 Å². The third-order valence-electron chi connectivity index (χ3n) is 9.53. The fourth-order valence-corrected chi connectivity index (χ4v) is 7.61. The number of hydrogen-bond donors (Lipinski definition) is 1. The Kier molecular flexibility index (Phi) is 6.07. The number of allylic oxidation sites excluding steroid dienone is 9. The zero-order chi connectivity index (χ0) is 22.2. The number of rotatable bonds is 5. The summed E-state index contributed by atoms with van der Waals surface area (Å²) in [4.78, 5) is 4.51. The quantitative estimate of drug-likeness (QED) is 0.495. The highest BCUT2D eigenvalue weighted by Gasteiger charge is 2.40. The van der Waals surface area contributed by atoms with Crippen molar-refractivity contribution in [1.82, 2.24) is 5.32 Å². The first kappa shape index (κ1) is 21.5. The maximum Gasteiger partial charge on any atom is 0.107 e. The minimum atomic E-state index is 0.484. The van der Waals surface area contributed by atoms with E-state index in [0.29, 0.717) is 23.8 Å². The summed E-state index contributed by atoms with van der Waals surface area (Å²) in [6.07, 6.45) is 34.5. The Bertz CT molecular complexity index is 964. The first-order valence-electron chi connectivity index (χ1n) is 13.4. The lowest BCUT2D eigenvalue weighted by atomic mass is 9.60. The molecule has 0 spiro atoms. The second kappa shape index (κ2) is 9.32. The lowest BCUT2D eigenvalue weighted by Crippen LogP contribution is -2.42. The molecule has 0 aromatic carbocycles. The maximum atomic E-state index is 6.29. The normalized spacial score (nSPS) is 41.9. The number of aliphatic imine (C=N–C) groups is 1. The fraction of sp³-hybridized carbons (Fsp3) is 0.567. The van der Waals surface area contributed by atoms with E-state index >= 15 is 0 Å². The lowest BCUT2D eigenvalue weighted by Gasteiger charge is -2.46. The van der Waals surface area contributed by atoms with E-state index in [2.05, 4.69) is 65.1 Å². The van der Waals surface area contributed by atoms with Gasteiger partial charge in [-0.25, -0.2) is 0 Å². The molecule has 0 bridgehead atoms. The van der Waals surface area contributed by atoms with Gasteiger partial charge in [0.05, 0.1) is 0 Å². The van der Waals surface area contributed by atoms with Crippen LogP contribution in [0.25, 0.3) is 0 Å². The summed E-state index contributed by atoms with van der Waals surface area (Å²) >= 11 is 0. The van der Waals surface area contributed by atoms with Crippen molar-refractivity contribution in [2.24, 2.45) is 46.4 Å². The molecular weight excluding hydrogens is 399 g/mol. The van der Waals surface area contributed by atoms with Crippen LogP contribution < -0.4 is 5.32 Å². The first-order valence-corrected chi connectivity index (χ1v) is 13.4. The van der Waals surface area contributed by atoms with Crippen LogP contribution in [-0.4, -0.2) is 19.6 Å². The van der Waals surface area contributed by atoms with Crippen LogP contribution in [-0.2, 0) is 0 Å². The SMILES string of the molecule is [B]C1=CC=CC(C2CC(C3=CC=CC(C4=NC=C4)C3)CC(C3CCCC(C4C=CN4)C3)C2)C1. The number of nitrogens with one attached hydrogen (secondary N) is 1. The molecule has 2 nitrogen and oxygen atoms in total. The van der Waals surface area contributed by atoms with Crippen LogP contribution in [0.1, 0.15) is 57.8 Å². The van der Waals surface area contributed by atoms with Crippen molar-refractivity contribution in [2.75, 3.05) is 0 Å². The molecule has 0 saturated heterocycles. The van der Waals surface area contributed by atoms with Gasteiger partial charge in [-0.05, 0) is 98.8 Å². The molecule has 2 saturated carbocycles. The third-order valence-corrected chi connectivity index (χ3v) is 9.53. The van der Waals surface area contributed by atoms with Gasteiger partial charge in [0.25, 0.3) is 0 Å². The van der Waals surface area contributed by atoms with Gasteiger partial charge in [-0.2, -0.15) is 0 Å². The monoisotopic (exact) mass is 436 g/mol. The molecule has 2 heterocycles. The lowest BCUT2D eigenvalue weighted by molar-refractivity contribution is 0.0896. The van der Waals surface area contributed by atoms with E-state index in [1.807, 2.05) is 6.20 Å². The van der Waals surface area contributed by atoms with Crippen molar-refractivity contribution in [2.45, 2.75) is 63.8 Å². The van der Waals surface area contributed by atoms with Crippen molar-refractivity contribution >= 4 is 13.6 Å². The van der Waals surface area contributed by atoms with Gasteiger partial charge in [-0.15, -0.1) is 5.47 Å². The summed E-state index contributed by atoms with van der Waals surface area (Å²) in [6.45, 7) is 0. The van der Waals surface area contributed by atoms with E-state index in [0.717, 1.165) is 42.0 Å². The molecule has 170 valence electrons. The Morgan fingerprint density at radius 3 is 2.39 bits per heavy atom. The van der Waals surface area contributed by atoms with Crippen molar-refractivity contribution in [1.29, 1.82) is 0 Å². The molecule has 2 aliphatic heterocycles. The van der Waals surface area contributed by atoms with E-state index in [1.54, 1.807) is 5.57 Å². The van der Waals surface area contributed by atoms with Crippen molar-refractivity contribution < 1.29 is 0 Å². The van der Waals surface area contributed by atoms with E-state index < -0.39 is 0 Å². The summed E-state index contributed by atoms with van der Waals surface area (Å²) in [6, 6.07) is 0.637. The van der Waals surface area contributed by atoms with Crippen LogP contribution in [0.3, 0.4) is 0 Å². The average molecular weight is 436 g/mol. The minimum absolute atomic E-state index is 0.484. The highest BCUT2D eigenvalue weighted by molar-refractivity contribution is 6.21. The average Bonchev–Trinajstić information content (AvgIpc) is 2.77. The molecule has 3 heteroatoms. The minimum Gasteiger partial charge on any atom is -0.385 e. The van der Waals surface area contributed by atoms with Crippen LogP contribution in [0.4, 0.5) is 0 Å². The van der Waals surface area contributed by atoms with Crippen molar-refractivity contribution in [3.05, 3.63) is 72.1 Å². The Labute approximate surface area is 201 Å². The third kappa shape index (κ3) is 4.53. The molecule has 6 rings (SSSR count). The van der Waals surface area contributed by atoms with Crippen LogP contribution in [0.2, 0.25) is 0 Å². The van der Waals surface area contributed by atoms with E-state index in [-0.39, 0.29) is 0 Å². The molecule has 0 aromatic rings. The molecule has 6 aliphatic rings. The molecule has 8 unspecified atom stereocenters. The second-order valence-corrected chi connectivity index (χ2v) is 11.5. The summed E-state index contributed by atoms with van der Waals surface area (Å²) in [5, 5.41) is 3.55. The highest BCUT2D eigenvalue weighted by Crippen LogP contribution is 2.50. The van der Waals surface area contributed by atoms with Gasteiger partial charge in [0, 0.05) is 23.9 Å². The van der Waals surface area contributed by atoms with E-state index in [4.69, 9.17) is 7.85 Å². The Balaban J connectivity index is 1.20. The Morgan fingerprint density at radius 1 is 0.848 bits per heavy atom. The van der Waals surface area contributed by atoms with Gasteiger partial charge in [-0.1, -0.05) is 54.9 Å². The summed E-state index contributed by atoms with van der Waals surface area (Å²) in [5.74, 6) is 5.15. The smallest absolute Gasteiger partial charge is 0.107 e. The van der Waals surface area contributed by atoms with E-state index in [1.165, 1.54) is 50.7 Å². The predicted molar refractivity (Wildman–Crippen MR) is 139 cm³/mol. The van der Waals surface area contributed by atoms with Gasteiger partial charge < -0.3 is 5.32 Å². The fourth-order valence-electron chi connectivity index (χ4n) is 7.61. The molecule has 2 radical (unpaired) electrons. The van der Waals surface area contributed by atoms with Crippen LogP contribution >= 0.6 is 0 Å². The van der Waals surface area contributed by atoms with Gasteiger partial charge in [0.2, 0.25) is 0 Å². The van der Waals surface area contributed by atoms with Crippen LogP contribution in [0.5, 0.6) is 0 Å². The highest BCUT2D eigenvalue weighted by atomic mass is 14.9. The van der Waals surface area contributed by atoms with Gasteiger partial charge in [0.1, 0.15) is 7.85 Å². The Hall–Kier alpha value is -2.03. The summed E-state index contributed by atoms with van der Waals surface area (Å²) in [7, 11) is 6.29. The Morgan fingerprint density at radius 2 is 1.64 bits per heavy atom. The van der Waals surface area contributed by atoms with Crippen molar-refractivity contribution in [3.63, 3.8) is 0 Å². The van der Waals surface area contributed by atoms with E-state index in [9.17, 15) is 0 Å². The number of nitrogens with zero attached hydrogens (tertiary/aromatic N) is 1. The predicted octanol–water partition coefficient (Wildman–Crippen LogP) is 6.41. The molecule has 0 amide bonds. The number of hydrogen-bond acceptors (Lipinski definition) is 2. The zero-order valence-corrected chi connectivity index (χ0v) is 19.8. The zero-order valence-electron chi connectivity index (χ0n) is 19.8. The first-order chi connectivity index (χ1) is 16.2. The molecule has 1 N–H and O–H groups in total. The molecule has 4 aliphatic carbocycles. The standard InChI is InChI=1S/C30H37BN2/c31-28-9-3-6-22(19-28)27-17-25(20-4-1-7-23(14-20)29-10-12-32-29)16-26(18-27)21-5-2-8-24(15-21)30-11-13-33-30/h1,3-4,6-7,9-13,21-27,30,33H,2,5,8,14-19H2. The van der Waals surface area contributed by atoms with Crippen molar-refractivity contribution in [3.8, 4) is 0 Å². The topological polar surface area (TPSA) is 24.4 Å². The molecule has 0 aromatic heterocycles. The summed E-state index contributed by atoms with van der Waals surface area (Å²) in [5.41, 5.74) is 4.01. The van der Waals surface area contributed by atoms with Crippen LogP contribution in [0.15, 0.2) is 77.0 Å². The van der Waals surface area contributed by atoms with Crippen LogP contribution in [0, 0.1) is 41.4 Å². The molecule has 2 fully saturated rings. The molecular formula is C30H37BN2. The summed E-state index contributed by atoms with van der Waals surface area (Å²) < 4.78 is 0.